The van der Waals surface area contributed by atoms with E-state index >= 15 is 0 Å². The molecular weight excluding hydrogens is 206 g/mol. The van der Waals surface area contributed by atoms with Crippen molar-refractivity contribution in [1.82, 2.24) is 0 Å². The van der Waals surface area contributed by atoms with Gasteiger partial charge in [-0.25, -0.2) is 0 Å². The number of benzene rings is 2. The minimum absolute atomic E-state index is 0.494. The first kappa shape index (κ1) is 10.4. The second kappa shape index (κ2) is 3.92. The lowest BCUT2D eigenvalue weighted by atomic mass is 10.0. The fourth-order valence-electron chi connectivity index (χ4n) is 2.75. The molecule has 2 aromatic carbocycles. The molecule has 0 bridgehead atoms. The molecule has 0 fully saturated rings. The molecule has 0 radical (unpaired) electrons. The molecule has 0 saturated carbocycles. The van der Waals surface area contributed by atoms with Crippen molar-refractivity contribution in [3.05, 3.63) is 65.2 Å². The van der Waals surface area contributed by atoms with Gasteiger partial charge in [0.15, 0.2) is 0 Å². The van der Waals surface area contributed by atoms with Crippen molar-refractivity contribution in [2.24, 2.45) is 0 Å². The summed E-state index contributed by atoms with van der Waals surface area (Å²) in [7, 11) is 2.19. The Morgan fingerprint density at radius 1 is 1.06 bits per heavy atom. The third-order valence-electron chi connectivity index (χ3n) is 3.68. The molecule has 0 amide bonds. The van der Waals surface area contributed by atoms with Crippen molar-refractivity contribution in [3.8, 4) is 0 Å². The van der Waals surface area contributed by atoms with Crippen molar-refractivity contribution >= 4 is 5.69 Å². The molecule has 0 spiro atoms. The molecule has 0 aliphatic carbocycles. The van der Waals surface area contributed by atoms with Crippen LogP contribution < -0.4 is 4.90 Å². The highest BCUT2D eigenvalue weighted by atomic mass is 15.2. The predicted molar refractivity (Wildman–Crippen MR) is 72.5 cm³/mol. The minimum Gasteiger partial charge on any atom is -0.367 e. The van der Waals surface area contributed by atoms with Crippen LogP contribution in [0.2, 0.25) is 0 Å². The molecule has 17 heavy (non-hydrogen) atoms. The van der Waals surface area contributed by atoms with Crippen LogP contribution in [-0.4, -0.2) is 7.05 Å². The van der Waals surface area contributed by atoms with Crippen LogP contribution in [0.1, 0.15) is 22.7 Å². The summed E-state index contributed by atoms with van der Waals surface area (Å²) in [5.74, 6) is 0. The summed E-state index contributed by atoms with van der Waals surface area (Å²) < 4.78 is 0. The number of likely N-dealkylation sites (N-methyl/N-ethyl adjacent to an activating group) is 1. The van der Waals surface area contributed by atoms with Gasteiger partial charge in [0.25, 0.3) is 0 Å². The fraction of sp³-hybridized carbons (Fsp3) is 0.250. The Balaban J connectivity index is 1.99. The van der Waals surface area contributed by atoms with Gasteiger partial charge in [-0.2, -0.15) is 0 Å². The van der Waals surface area contributed by atoms with Crippen LogP contribution in [0.25, 0.3) is 0 Å². The molecule has 1 unspecified atom stereocenters. The Morgan fingerprint density at radius 3 is 2.59 bits per heavy atom. The van der Waals surface area contributed by atoms with Crippen molar-refractivity contribution in [1.29, 1.82) is 0 Å². The van der Waals surface area contributed by atoms with Crippen LogP contribution >= 0.6 is 0 Å². The molecule has 1 heteroatoms. The summed E-state index contributed by atoms with van der Waals surface area (Å²) in [6, 6.07) is 18.0. The quantitative estimate of drug-likeness (QED) is 0.712. The van der Waals surface area contributed by atoms with Gasteiger partial charge < -0.3 is 4.90 Å². The van der Waals surface area contributed by atoms with Crippen LogP contribution in [0.3, 0.4) is 0 Å². The molecule has 0 saturated heterocycles. The predicted octanol–water partition coefficient (Wildman–Crippen LogP) is 3.73. The van der Waals surface area contributed by atoms with E-state index in [1.807, 2.05) is 0 Å². The zero-order valence-corrected chi connectivity index (χ0v) is 10.4. The molecule has 3 rings (SSSR count). The Labute approximate surface area is 103 Å². The first-order valence-electron chi connectivity index (χ1n) is 6.13. The van der Waals surface area contributed by atoms with Crippen LogP contribution in [0, 0.1) is 6.92 Å². The molecule has 1 nitrogen and oxygen atoms in total. The number of nitrogens with zero attached hydrogens (tertiary/aromatic N) is 1. The molecule has 86 valence electrons. The lowest BCUT2D eigenvalue weighted by Crippen LogP contribution is -2.19. The Bertz CT molecular complexity index is 530. The molecule has 2 aromatic rings. The van der Waals surface area contributed by atoms with Gasteiger partial charge in [-0.1, -0.05) is 48.0 Å². The van der Waals surface area contributed by atoms with Gasteiger partial charge in [0.1, 0.15) is 0 Å². The normalized spacial score (nSPS) is 18.2. The van der Waals surface area contributed by atoms with Gasteiger partial charge in [0.05, 0.1) is 6.04 Å². The third kappa shape index (κ3) is 1.72. The number of hydrogen-bond donors (Lipinski definition) is 0. The maximum absolute atomic E-state index is 2.39. The molecule has 0 N–H and O–H groups in total. The van der Waals surface area contributed by atoms with Gasteiger partial charge in [0, 0.05) is 12.7 Å². The van der Waals surface area contributed by atoms with Gasteiger partial charge in [-0.05, 0) is 30.5 Å². The van der Waals surface area contributed by atoms with E-state index in [1.54, 1.807) is 0 Å². The maximum Gasteiger partial charge on any atom is 0.0580 e. The summed E-state index contributed by atoms with van der Waals surface area (Å²) >= 11 is 0. The van der Waals surface area contributed by atoms with Gasteiger partial charge in [-0.15, -0.1) is 0 Å². The Hall–Kier alpha value is -1.76. The van der Waals surface area contributed by atoms with E-state index in [2.05, 4.69) is 67.4 Å². The van der Waals surface area contributed by atoms with E-state index in [0.29, 0.717) is 6.04 Å². The van der Waals surface area contributed by atoms with E-state index in [9.17, 15) is 0 Å². The van der Waals surface area contributed by atoms with Crippen molar-refractivity contribution in [3.63, 3.8) is 0 Å². The van der Waals surface area contributed by atoms with E-state index in [4.69, 9.17) is 0 Å². The minimum atomic E-state index is 0.494. The average molecular weight is 223 g/mol. The highest BCUT2D eigenvalue weighted by molar-refractivity contribution is 5.61. The number of hydrogen-bond acceptors (Lipinski definition) is 1. The summed E-state index contributed by atoms with van der Waals surface area (Å²) in [5.41, 5.74) is 5.61. The van der Waals surface area contributed by atoms with E-state index < -0.39 is 0 Å². The fourth-order valence-corrected chi connectivity index (χ4v) is 2.75. The molecule has 0 aromatic heterocycles. The van der Waals surface area contributed by atoms with Gasteiger partial charge >= 0.3 is 0 Å². The second-order valence-electron chi connectivity index (χ2n) is 4.87. The van der Waals surface area contributed by atoms with Gasteiger partial charge in [-0.3, -0.25) is 0 Å². The van der Waals surface area contributed by atoms with Crippen LogP contribution in [0.15, 0.2) is 48.5 Å². The standard InChI is InChI=1S/C16H17N/c1-12-8-9-15-14(10-12)11-16(17(15)2)13-6-4-3-5-7-13/h3-10,16H,11H2,1-2H3. The highest BCUT2D eigenvalue weighted by Gasteiger charge is 2.27. The average Bonchev–Trinajstić information content (AvgIpc) is 2.67. The number of anilines is 1. The zero-order chi connectivity index (χ0) is 11.8. The topological polar surface area (TPSA) is 3.24 Å². The number of rotatable bonds is 1. The SMILES string of the molecule is Cc1ccc2c(c1)CC(c1ccccc1)N2C. The van der Waals surface area contributed by atoms with Crippen LogP contribution in [-0.2, 0) is 6.42 Å². The second-order valence-corrected chi connectivity index (χ2v) is 4.87. The zero-order valence-electron chi connectivity index (χ0n) is 10.4. The van der Waals surface area contributed by atoms with Crippen LogP contribution in [0.4, 0.5) is 5.69 Å². The maximum atomic E-state index is 2.39. The molecule has 1 atom stereocenters. The largest absolute Gasteiger partial charge is 0.367 e. The third-order valence-corrected chi connectivity index (χ3v) is 3.68. The molecule has 1 aliphatic rings. The number of fused-ring (bicyclic) bond motifs is 1. The molecule has 1 aliphatic heterocycles. The summed E-state index contributed by atoms with van der Waals surface area (Å²) in [4.78, 5) is 2.39. The smallest absolute Gasteiger partial charge is 0.0580 e. The number of aryl methyl sites for hydroxylation is 1. The monoisotopic (exact) mass is 223 g/mol. The lowest BCUT2D eigenvalue weighted by molar-refractivity contribution is 0.716. The summed E-state index contributed by atoms with van der Waals surface area (Å²) in [6.45, 7) is 2.16. The summed E-state index contributed by atoms with van der Waals surface area (Å²) in [6.07, 6.45) is 1.12. The molecule has 1 heterocycles. The Morgan fingerprint density at radius 2 is 1.82 bits per heavy atom. The lowest BCUT2D eigenvalue weighted by Gasteiger charge is -2.22. The van der Waals surface area contributed by atoms with Crippen LogP contribution in [0.5, 0.6) is 0 Å². The van der Waals surface area contributed by atoms with E-state index in [0.717, 1.165) is 6.42 Å². The van der Waals surface area contributed by atoms with E-state index in [-0.39, 0.29) is 0 Å². The highest BCUT2D eigenvalue weighted by Crippen LogP contribution is 2.39. The van der Waals surface area contributed by atoms with Crippen molar-refractivity contribution in [2.45, 2.75) is 19.4 Å². The van der Waals surface area contributed by atoms with E-state index in [1.165, 1.54) is 22.4 Å². The first-order chi connectivity index (χ1) is 8.25. The van der Waals surface area contributed by atoms with Crippen molar-refractivity contribution in [2.75, 3.05) is 11.9 Å². The Kier molecular flexibility index (Phi) is 2.40. The van der Waals surface area contributed by atoms with Gasteiger partial charge in [0.2, 0.25) is 0 Å². The summed E-state index contributed by atoms with van der Waals surface area (Å²) in [5, 5.41) is 0. The van der Waals surface area contributed by atoms with Crippen molar-refractivity contribution < 1.29 is 0 Å². The molecular formula is C16H17N. The first-order valence-corrected chi connectivity index (χ1v) is 6.13.